The van der Waals surface area contributed by atoms with Gasteiger partial charge in [0.25, 0.3) is 5.91 Å². The molecule has 0 saturated heterocycles. The molecule has 0 aliphatic heterocycles. The van der Waals surface area contributed by atoms with E-state index in [0.717, 1.165) is 0 Å². The van der Waals surface area contributed by atoms with Gasteiger partial charge in [-0.3, -0.25) is 4.79 Å². The normalized spacial score (nSPS) is 20.4. The molecule has 3 N–H and O–H groups in total. The van der Waals surface area contributed by atoms with Crippen molar-refractivity contribution in [3.63, 3.8) is 0 Å². The maximum Gasteiger partial charge on any atom is 0.259 e. The van der Waals surface area contributed by atoms with Crippen molar-refractivity contribution in [2.75, 3.05) is 0 Å². The lowest BCUT2D eigenvalue weighted by Gasteiger charge is -2.09. The first-order chi connectivity index (χ1) is 8.19. The molecular weight excluding hydrogens is 230 g/mol. The third-order valence-corrected chi connectivity index (χ3v) is 4.54. The van der Waals surface area contributed by atoms with Gasteiger partial charge in [0, 0.05) is 6.04 Å². The van der Waals surface area contributed by atoms with Crippen LogP contribution in [0.25, 0.3) is 0 Å². The van der Waals surface area contributed by atoms with Crippen LogP contribution in [0.15, 0.2) is 18.2 Å². The Balaban J connectivity index is 2.20. The van der Waals surface area contributed by atoms with Gasteiger partial charge in [0.05, 0.1) is 0 Å². The van der Waals surface area contributed by atoms with Gasteiger partial charge < -0.3 is 15.5 Å². The second-order valence-corrected chi connectivity index (χ2v) is 6.02. The number of phenols is 2. The zero-order valence-corrected chi connectivity index (χ0v) is 11.1. The minimum Gasteiger partial charge on any atom is -0.507 e. The Bertz CT molecular complexity index is 472. The van der Waals surface area contributed by atoms with Gasteiger partial charge in [-0.15, -0.1) is 0 Å². The predicted octanol–water partition coefficient (Wildman–Crippen LogP) is 2.26. The van der Waals surface area contributed by atoms with E-state index < -0.39 is 5.91 Å². The molecule has 4 heteroatoms. The molecule has 1 amide bonds. The first-order valence-electron chi connectivity index (χ1n) is 6.01. The van der Waals surface area contributed by atoms with Crippen LogP contribution in [0.1, 0.15) is 38.1 Å². The van der Waals surface area contributed by atoms with E-state index in [1.54, 1.807) is 0 Å². The Morgan fingerprint density at radius 2 is 1.56 bits per heavy atom. The van der Waals surface area contributed by atoms with Gasteiger partial charge in [-0.05, 0) is 23.0 Å². The van der Waals surface area contributed by atoms with Crippen LogP contribution < -0.4 is 5.32 Å². The molecule has 4 nitrogen and oxygen atoms in total. The first kappa shape index (κ1) is 12.7. The van der Waals surface area contributed by atoms with E-state index >= 15 is 0 Å². The maximum absolute atomic E-state index is 12.1. The van der Waals surface area contributed by atoms with Gasteiger partial charge in [0.15, 0.2) is 0 Å². The van der Waals surface area contributed by atoms with Crippen molar-refractivity contribution in [1.29, 1.82) is 0 Å². The molecule has 18 heavy (non-hydrogen) atoms. The topological polar surface area (TPSA) is 69.6 Å². The van der Waals surface area contributed by atoms with Crippen molar-refractivity contribution < 1.29 is 15.0 Å². The van der Waals surface area contributed by atoms with Crippen LogP contribution >= 0.6 is 0 Å². The predicted molar refractivity (Wildman–Crippen MR) is 68.6 cm³/mol. The number of carbonyl (C=O) groups excluding carboxylic acids is 1. The second kappa shape index (κ2) is 3.64. The molecule has 0 unspecified atom stereocenters. The SMILES string of the molecule is CC1(C)C(NC(=O)c2c(O)cccc2O)C1(C)C. The number of amides is 1. The molecule has 1 aliphatic carbocycles. The second-order valence-electron chi connectivity index (χ2n) is 6.02. The Hall–Kier alpha value is -1.71. The summed E-state index contributed by atoms with van der Waals surface area (Å²) in [7, 11) is 0. The molecule has 1 aliphatic rings. The summed E-state index contributed by atoms with van der Waals surface area (Å²) in [6, 6.07) is 4.30. The Morgan fingerprint density at radius 1 is 1.11 bits per heavy atom. The van der Waals surface area contributed by atoms with Crippen LogP contribution in [0.3, 0.4) is 0 Å². The lowest BCUT2D eigenvalue weighted by molar-refractivity contribution is 0.0938. The molecule has 1 fully saturated rings. The fraction of sp³-hybridized carbons (Fsp3) is 0.500. The van der Waals surface area contributed by atoms with Gasteiger partial charge in [0.2, 0.25) is 0 Å². The molecule has 1 saturated carbocycles. The lowest BCUT2D eigenvalue weighted by Crippen LogP contribution is -2.29. The molecule has 1 aromatic carbocycles. The minimum atomic E-state index is -0.436. The number of aromatic hydroxyl groups is 2. The van der Waals surface area contributed by atoms with Crippen molar-refractivity contribution in [2.45, 2.75) is 33.7 Å². The molecule has 0 heterocycles. The summed E-state index contributed by atoms with van der Waals surface area (Å²) in [4.78, 5) is 12.1. The minimum absolute atomic E-state index is 0.0165. The number of carbonyl (C=O) groups is 1. The fourth-order valence-electron chi connectivity index (χ4n) is 2.52. The average molecular weight is 249 g/mol. The van der Waals surface area contributed by atoms with Crippen molar-refractivity contribution in [3.05, 3.63) is 23.8 Å². The summed E-state index contributed by atoms with van der Waals surface area (Å²) in [6.07, 6.45) is 0. The lowest BCUT2D eigenvalue weighted by atomic mass is 10.0. The van der Waals surface area contributed by atoms with Crippen molar-refractivity contribution >= 4 is 5.91 Å². The summed E-state index contributed by atoms with van der Waals surface area (Å²) in [5, 5.41) is 22.1. The van der Waals surface area contributed by atoms with Gasteiger partial charge in [0.1, 0.15) is 17.1 Å². The van der Waals surface area contributed by atoms with Gasteiger partial charge in [-0.25, -0.2) is 0 Å². The van der Waals surface area contributed by atoms with Crippen LogP contribution in [-0.4, -0.2) is 22.2 Å². The van der Waals surface area contributed by atoms with Gasteiger partial charge >= 0.3 is 0 Å². The van der Waals surface area contributed by atoms with E-state index in [1.165, 1.54) is 18.2 Å². The summed E-state index contributed by atoms with van der Waals surface area (Å²) in [5.41, 5.74) is -0.0262. The zero-order chi connectivity index (χ0) is 13.7. The van der Waals surface area contributed by atoms with Gasteiger partial charge in [-0.2, -0.15) is 0 Å². The summed E-state index contributed by atoms with van der Waals surface area (Å²) >= 11 is 0. The molecule has 0 bridgehead atoms. The number of benzene rings is 1. The van der Waals surface area contributed by atoms with Crippen LogP contribution in [0, 0.1) is 10.8 Å². The van der Waals surface area contributed by atoms with Crippen LogP contribution in [-0.2, 0) is 0 Å². The van der Waals surface area contributed by atoms with Crippen LogP contribution in [0.2, 0.25) is 0 Å². The molecule has 2 rings (SSSR count). The van der Waals surface area contributed by atoms with E-state index in [2.05, 4.69) is 33.0 Å². The fourth-order valence-corrected chi connectivity index (χ4v) is 2.52. The highest BCUT2D eigenvalue weighted by molar-refractivity contribution is 5.99. The van der Waals surface area contributed by atoms with Gasteiger partial charge in [-0.1, -0.05) is 33.8 Å². The highest BCUT2D eigenvalue weighted by atomic mass is 16.3. The van der Waals surface area contributed by atoms with Crippen molar-refractivity contribution in [3.8, 4) is 11.5 Å². The summed E-state index contributed by atoms with van der Waals surface area (Å²) < 4.78 is 0. The summed E-state index contributed by atoms with van der Waals surface area (Å²) in [6.45, 7) is 8.34. The molecule has 0 atom stereocenters. The monoisotopic (exact) mass is 249 g/mol. The van der Waals surface area contributed by atoms with Crippen molar-refractivity contribution in [1.82, 2.24) is 5.32 Å². The number of phenolic OH excluding ortho intramolecular Hbond substituents is 2. The Morgan fingerprint density at radius 3 is 1.94 bits per heavy atom. The first-order valence-corrected chi connectivity index (χ1v) is 6.01. The standard InChI is InChI=1S/C14H19NO3/c1-13(2)12(14(13,3)4)15-11(18)10-8(16)6-5-7-9(10)17/h5-7,12,16-17H,1-4H3,(H,15,18). The summed E-state index contributed by atoms with van der Waals surface area (Å²) in [5.74, 6) is -0.846. The molecule has 0 radical (unpaired) electrons. The number of hydrogen-bond donors (Lipinski definition) is 3. The average Bonchev–Trinajstić information content (AvgIpc) is 2.60. The van der Waals surface area contributed by atoms with E-state index in [4.69, 9.17) is 0 Å². The number of hydrogen-bond acceptors (Lipinski definition) is 3. The Kier molecular flexibility index (Phi) is 2.58. The molecule has 0 spiro atoms. The largest absolute Gasteiger partial charge is 0.507 e. The maximum atomic E-state index is 12.1. The van der Waals surface area contributed by atoms with E-state index in [1.807, 2.05) is 0 Å². The number of nitrogens with one attached hydrogen (secondary N) is 1. The van der Waals surface area contributed by atoms with Crippen LogP contribution in [0.4, 0.5) is 0 Å². The quantitative estimate of drug-likeness (QED) is 0.753. The Labute approximate surface area is 107 Å². The highest BCUT2D eigenvalue weighted by Gasteiger charge is 2.65. The highest BCUT2D eigenvalue weighted by Crippen LogP contribution is 2.62. The third-order valence-electron chi connectivity index (χ3n) is 4.54. The molecule has 0 aromatic heterocycles. The third kappa shape index (κ3) is 1.64. The van der Waals surface area contributed by atoms with Crippen molar-refractivity contribution in [2.24, 2.45) is 10.8 Å². The molecule has 98 valence electrons. The van der Waals surface area contributed by atoms with E-state index in [0.29, 0.717) is 0 Å². The molecule has 1 aromatic rings. The van der Waals surface area contributed by atoms with E-state index in [9.17, 15) is 15.0 Å². The van der Waals surface area contributed by atoms with E-state index in [-0.39, 0.29) is 33.9 Å². The smallest absolute Gasteiger partial charge is 0.259 e. The number of rotatable bonds is 2. The zero-order valence-electron chi connectivity index (χ0n) is 11.1. The van der Waals surface area contributed by atoms with Crippen LogP contribution in [0.5, 0.6) is 11.5 Å². The molecular formula is C14H19NO3.